The van der Waals surface area contributed by atoms with Crippen LogP contribution in [0.5, 0.6) is 0 Å². The van der Waals surface area contributed by atoms with E-state index < -0.39 is 12.0 Å². The Kier molecular flexibility index (Phi) is 4.63. The van der Waals surface area contributed by atoms with Gasteiger partial charge in [0.1, 0.15) is 6.04 Å². The van der Waals surface area contributed by atoms with Crippen LogP contribution in [0.2, 0.25) is 5.02 Å². The maximum Gasteiger partial charge on any atom is 0.326 e. The first-order valence-electron chi connectivity index (χ1n) is 8.66. The van der Waals surface area contributed by atoms with Crippen LogP contribution in [-0.4, -0.2) is 52.9 Å². The number of aromatic nitrogens is 5. The monoisotopic (exact) mass is 413 g/mol. The molecule has 1 amide bonds. The number of carbonyl (C=O) groups excluding carboxylic acids is 1. The Hall–Kier alpha value is -3.53. The standard InChI is InChI=1S/C18H16ClN7O3/c1-9(17(28)29)26-8-11-4-3-10(5-12(11)16(26)27)15-13(19)6-20-18(23-15)22-14-7-21-25(2)24-14/h3-7,9H,8H2,1-2H3,(H,28,29)(H,20,22,23,24)/t9-/m1/s1. The molecule has 0 fully saturated rings. The summed E-state index contributed by atoms with van der Waals surface area (Å²) in [5.74, 6) is -0.633. The summed E-state index contributed by atoms with van der Waals surface area (Å²) in [6.45, 7) is 1.73. The van der Waals surface area contributed by atoms with Gasteiger partial charge in [-0.15, -0.1) is 5.10 Å². The second kappa shape index (κ2) is 7.13. The van der Waals surface area contributed by atoms with E-state index in [1.54, 1.807) is 25.2 Å². The van der Waals surface area contributed by atoms with Crippen LogP contribution in [-0.2, 0) is 18.4 Å². The van der Waals surface area contributed by atoms with Gasteiger partial charge >= 0.3 is 5.97 Å². The van der Waals surface area contributed by atoms with Crippen molar-refractivity contribution in [3.05, 3.63) is 46.7 Å². The number of carbonyl (C=O) groups is 2. The number of hydrogen-bond acceptors (Lipinski definition) is 7. The third-order valence-corrected chi connectivity index (χ3v) is 4.90. The minimum atomic E-state index is -1.05. The number of carboxylic acid groups (broad SMARTS) is 1. The number of amides is 1. The van der Waals surface area contributed by atoms with Crippen LogP contribution in [0.15, 0.2) is 30.6 Å². The molecule has 1 aromatic carbocycles. The second-order valence-electron chi connectivity index (χ2n) is 6.55. The van der Waals surface area contributed by atoms with Crippen molar-refractivity contribution in [3.8, 4) is 11.3 Å². The molecule has 2 aromatic heterocycles. The fourth-order valence-corrected chi connectivity index (χ4v) is 3.26. The van der Waals surface area contributed by atoms with Gasteiger partial charge in [-0.05, 0) is 18.6 Å². The SMILES string of the molecule is C[C@H](C(=O)O)N1Cc2ccc(-c3nc(Nc4cnn(C)n4)ncc3Cl)cc2C1=O. The van der Waals surface area contributed by atoms with Gasteiger partial charge in [-0.3, -0.25) is 4.79 Å². The van der Waals surface area contributed by atoms with Crippen LogP contribution in [0.25, 0.3) is 11.3 Å². The van der Waals surface area contributed by atoms with Gasteiger partial charge in [0.25, 0.3) is 5.91 Å². The van der Waals surface area contributed by atoms with Crippen molar-refractivity contribution in [2.24, 2.45) is 7.05 Å². The van der Waals surface area contributed by atoms with E-state index in [0.29, 0.717) is 27.7 Å². The van der Waals surface area contributed by atoms with E-state index in [-0.39, 0.29) is 18.4 Å². The highest BCUT2D eigenvalue weighted by Gasteiger charge is 2.34. The molecule has 11 heteroatoms. The Bertz CT molecular complexity index is 1130. The number of carboxylic acids is 1. The molecule has 0 aliphatic carbocycles. The van der Waals surface area contributed by atoms with Gasteiger partial charge in [0, 0.05) is 24.7 Å². The Morgan fingerprint density at radius 3 is 2.83 bits per heavy atom. The molecule has 10 nitrogen and oxygen atoms in total. The quantitative estimate of drug-likeness (QED) is 0.651. The highest BCUT2D eigenvalue weighted by Crippen LogP contribution is 2.32. The molecule has 2 N–H and O–H groups in total. The zero-order valence-corrected chi connectivity index (χ0v) is 16.3. The largest absolute Gasteiger partial charge is 0.480 e. The smallest absolute Gasteiger partial charge is 0.326 e. The lowest BCUT2D eigenvalue weighted by molar-refractivity contribution is -0.141. The molecule has 0 radical (unpaired) electrons. The highest BCUT2D eigenvalue weighted by atomic mass is 35.5. The molecule has 0 unspecified atom stereocenters. The second-order valence-corrected chi connectivity index (χ2v) is 6.96. The van der Waals surface area contributed by atoms with Gasteiger partial charge in [-0.1, -0.05) is 23.7 Å². The van der Waals surface area contributed by atoms with Crippen molar-refractivity contribution in [3.63, 3.8) is 0 Å². The molecule has 3 aromatic rings. The molecule has 1 atom stereocenters. The van der Waals surface area contributed by atoms with Crippen LogP contribution >= 0.6 is 11.6 Å². The number of aryl methyl sites for hydroxylation is 1. The van der Waals surface area contributed by atoms with E-state index >= 15 is 0 Å². The van der Waals surface area contributed by atoms with Crippen LogP contribution in [0, 0.1) is 0 Å². The zero-order chi connectivity index (χ0) is 20.7. The lowest BCUT2D eigenvalue weighted by Gasteiger charge is -2.19. The zero-order valence-electron chi connectivity index (χ0n) is 15.5. The maximum atomic E-state index is 12.7. The third-order valence-electron chi connectivity index (χ3n) is 4.62. The predicted molar refractivity (Wildman–Crippen MR) is 104 cm³/mol. The highest BCUT2D eigenvalue weighted by molar-refractivity contribution is 6.33. The van der Waals surface area contributed by atoms with E-state index in [1.807, 2.05) is 0 Å². The van der Waals surface area contributed by atoms with E-state index in [4.69, 9.17) is 11.6 Å². The average Bonchev–Trinajstić information content (AvgIpc) is 3.25. The Morgan fingerprint density at radius 1 is 1.34 bits per heavy atom. The summed E-state index contributed by atoms with van der Waals surface area (Å²) in [5.41, 5.74) is 2.26. The van der Waals surface area contributed by atoms with Gasteiger partial charge in [-0.2, -0.15) is 9.90 Å². The van der Waals surface area contributed by atoms with Crippen molar-refractivity contribution in [2.75, 3.05) is 5.32 Å². The minimum Gasteiger partial charge on any atom is -0.480 e. The topological polar surface area (TPSA) is 126 Å². The molecule has 0 saturated carbocycles. The predicted octanol–water partition coefficient (Wildman–Crippen LogP) is 2.10. The van der Waals surface area contributed by atoms with Crippen molar-refractivity contribution in [1.82, 2.24) is 29.9 Å². The van der Waals surface area contributed by atoms with Crippen LogP contribution in [0.1, 0.15) is 22.8 Å². The van der Waals surface area contributed by atoms with E-state index in [2.05, 4.69) is 25.5 Å². The number of nitrogens with zero attached hydrogens (tertiary/aromatic N) is 6. The molecule has 0 bridgehead atoms. The van der Waals surface area contributed by atoms with Crippen molar-refractivity contribution < 1.29 is 14.7 Å². The van der Waals surface area contributed by atoms with E-state index in [1.165, 1.54) is 29.0 Å². The molecule has 3 heterocycles. The summed E-state index contributed by atoms with van der Waals surface area (Å²) in [6, 6.07) is 4.34. The molecule has 0 spiro atoms. The van der Waals surface area contributed by atoms with Crippen molar-refractivity contribution in [2.45, 2.75) is 19.5 Å². The molecule has 1 aliphatic rings. The lowest BCUT2D eigenvalue weighted by Crippen LogP contribution is -2.38. The molecular formula is C18H16ClN7O3. The van der Waals surface area contributed by atoms with Crippen molar-refractivity contribution in [1.29, 1.82) is 0 Å². The molecule has 148 valence electrons. The summed E-state index contributed by atoms with van der Waals surface area (Å²) in [6.07, 6.45) is 2.99. The minimum absolute atomic E-state index is 0.249. The van der Waals surface area contributed by atoms with Crippen LogP contribution < -0.4 is 5.32 Å². The Balaban J connectivity index is 1.66. The fraction of sp³-hybridized carbons (Fsp3) is 0.222. The Labute approximate surface area is 170 Å². The molecule has 0 saturated heterocycles. The molecule has 4 rings (SSSR count). The van der Waals surface area contributed by atoms with Gasteiger partial charge in [-0.25, -0.2) is 14.8 Å². The molecule has 1 aliphatic heterocycles. The number of aliphatic carboxylic acids is 1. The first-order chi connectivity index (χ1) is 13.8. The van der Waals surface area contributed by atoms with E-state index in [9.17, 15) is 14.7 Å². The molecular weight excluding hydrogens is 398 g/mol. The number of fused-ring (bicyclic) bond motifs is 1. The first-order valence-corrected chi connectivity index (χ1v) is 9.04. The summed E-state index contributed by atoms with van der Waals surface area (Å²) in [4.78, 5) is 35.2. The summed E-state index contributed by atoms with van der Waals surface area (Å²) in [7, 11) is 1.69. The summed E-state index contributed by atoms with van der Waals surface area (Å²) >= 11 is 6.29. The number of anilines is 2. The van der Waals surface area contributed by atoms with Crippen molar-refractivity contribution >= 4 is 35.2 Å². The van der Waals surface area contributed by atoms with Gasteiger partial charge in [0.15, 0.2) is 5.82 Å². The number of benzene rings is 1. The average molecular weight is 414 g/mol. The summed E-state index contributed by atoms with van der Waals surface area (Å²) < 4.78 is 0. The fourth-order valence-electron chi connectivity index (χ4n) is 3.06. The normalized spacial score (nSPS) is 14.0. The first kappa shape index (κ1) is 18.8. The van der Waals surface area contributed by atoms with Gasteiger partial charge in [0.2, 0.25) is 5.95 Å². The van der Waals surface area contributed by atoms with E-state index in [0.717, 1.165) is 5.56 Å². The number of nitrogens with one attached hydrogen (secondary N) is 1. The number of hydrogen-bond donors (Lipinski definition) is 2. The maximum absolute atomic E-state index is 12.7. The summed E-state index contributed by atoms with van der Waals surface area (Å²) in [5, 5.41) is 20.6. The van der Waals surface area contributed by atoms with Crippen LogP contribution in [0.3, 0.4) is 0 Å². The van der Waals surface area contributed by atoms with Gasteiger partial charge in [0.05, 0.1) is 23.1 Å². The third kappa shape index (κ3) is 3.49. The number of halogens is 1. The van der Waals surface area contributed by atoms with Gasteiger partial charge < -0.3 is 15.3 Å². The van der Waals surface area contributed by atoms with Crippen LogP contribution in [0.4, 0.5) is 11.8 Å². The molecule has 29 heavy (non-hydrogen) atoms. The lowest BCUT2D eigenvalue weighted by atomic mass is 10.0. The Morgan fingerprint density at radius 2 is 2.14 bits per heavy atom. The number of rotatable bonds is 5.